The van der Waals surface area contributed by atoms with Gasteiger partial charge in [-0.1, -0.05) is 17.7 Å². The third kappa shape index (κ3) is 6.52. The summed E-state index contributed by atoms with van der Waals surface area (Å²) in [7, 11) is 3.09. The first-order valence-electron chi connectivity index (χ1n) is 12.4. The zero-order valence-corrected chi connectivity index (χ0v) is 22.6. The molecule has 3 atom stereocenters. The SMILES string of the molecule is Cc1ccc(OCC(=O)NC23CCC(NC(=O)COc4ccc(Cl)c(F)c4)(CC2OC(=O)N(C)C)C3)cc1F. The molecule has 0 spiro atoms. The van der Waals surface area contributed by atoms with Gasteiger partial charge >= 0.3 is 6.09 Å². The topological polar surface area (TPSA) is 106 Å². The van der Waals surface area contributed by atoms with Gasteiger partial charge in [-0.2, -0.15) is 0 Å². The Bertz CT molecular complexity index is 1280. The van der Waals surface area contributed by atoms with Crippen molar-refractivity contribution in [2.45, 2.75) is 49.8 Å². The van der Waals surface area contributed by atoms with Crippen LogP contribution in [0.15, 0.2) is 36.4 Å². The summed E-state index contributed by atoms with van der Waals surface area (Å²) in [6.45, 7) is 0.879. The lowest BCUT2D eigenvalue weighted by Gasteiger charge is -2.36. The predicted molar refractivity (Wildman–Crippen MR) is 138 cm³/mol. The van der Waals surface area contributed by atoms with Crippen molar-refractivity contribution in [3.63, 3.8) is 0 Å². The van der Waals surface area contributed by atoms with Crippen LogP contribution >= 0.6 is 11.6 Å². The second-order valence-corrected chi connectivity index (χ2v) is 10.7. The molecule has 2 fully saturated rings. The lowest BCUT2D eigenvalue weighted by molar-refractivity contribution is -0.127. The van der Waals surface area contributed by atoms with Crippen molar-refractivity contribution in [3.8, 4) is 11.5 Å². The molecule has 2 aromatic rings. The van der Waals surface area contributed by atoms with Crippen LogP contribution in [0.5, 0.6) is 11.5 Å². The van der Waals surface area contributed by atoms with Crippen LogP contribution in [0.3, 0.4) is 0 Å². The van der Waals surface area contributed by atoms with Gasteiger partial charge in [0.15, 0.2) is 13.2 Å². The number of amides is 3. The minimum atomic E-state index is -0.932. The third-order valence-electron chi connectivity index (χ3n) is 7.07. The highest BCUT2D eigenvalue weighted by Gasteiger charge is 2.63. The highest BCUT2D eigenvalue weighted by molar-refractivity contribution is 6.30. The van der Waals surface area contributed by atoms with Crippen LogP contribution in [-0.4, -0.2) is 67.3 Å². The molecule has 0 saturated heterocycles. The maximum absolute atomic E-state index is 13.8. The Hall–Kier alpha value is -3.60. The van der Waals surface area contributed by atoms with E-state index in [0.717, 1.165) is 6.07 Å². The number of halogens is 3. The minimum absolute atomic E-state index is 0.0595. The van der Waals surface area contributed by atoms with E-state index < -0.39 is 46.7 Å². The molecule has 9 nitrogen and oxygen atoms in total. The maximum Gasteiger partial charge on any atom is 0.409 e. The van der Waals surface area contributed by atoms with Gasteiger partial charge in [-0.3, -0.25) is 9.59 Å². The molecule has 0 aromatic heterocycles. The number of aryl methyl sites for hydroxylation is 1. The summed E-state index contributed by atoms with van der Waals surface area (Å²) < 4.78 is 44.1. The number of nitrogens with one attached hydrogen (secondary N) is 2. The van der Waals surface area contributed by atoms with Crippen LogP contribution in [-0.2, 0) is 14.3 Å². The predicted octanol–water partition coefficient (Wildman–Crippen LogP) is 3.75. The van der Waals surface area contributed by atoms with Crippen LogP contribution in [0.2, 0.25) is 5.02 Å². The zero-order valence-electron chi connectivity index (χ0n) is 21.8. The zero-order chi connectivity index (χ0) is 28.4. The van der Waals surface area contributed by atoms with E-state index in [-0.39, 0.29) is 36.2 Å². The Kier molecular flexibility index (Phi) is 8.20. The molecule has 12 heteroatoms. The molecule has 2 saturated carbocycles. The van der Waals surface area contributed by atoms with Gasteiger partial charge in [-0.15, -0.1) is 0 Å². The Balaban J connectivity index is 1.41. The molecule has 2 aromatic carbocycles. The van der Waals surface area contributed by atoms with Crippen molar-refractivity contribution >= 4 is 29.5 Å². The third-order valence-corrected chi connectivity index (χ3v) is 7.38. The maximum atomic E-state index is 13.8. The minimum Gasteiger partial charge on any atom is -0.484 e. The van der Waals surface area contributed by atoms with Crippen molar-refractivity contribution in [1.82, 2.24) is 15.5 Å². The van der Waals surface area contributed by atoms with Crippen LogP contribution in [0.4, 0.5) is 13.6 Å². The first-order valence-corrected chi connectivity index (χ1v) is 12.7. The molecule has 0 aliphatic heterocycles. The highest BCUT2D eigenvalue weighted by Crippen LogP contribution is 2.52. The van der Waals surface area contributed by atoms with Crippen LogP contribution < -0.4 is 20.1 Å². The summed E-state index contributed by atoms with van der Waals surface area (Å²) in [6, 6.07) is 8.19. The van der Waals surface area contributed by atoms with Crippen molar-refractivity contribution < 1.29 is 37.4 Å². The van der Waals surface area contributed by atoms with Gasteiger partial charge in [0.25, 0.3) is 11.8 Å². The molecule has 2 N–H and O–H groups in total. The summed E-state index contributed by atoms with van der Waals surface area (Å²) >= 11 is 5.68. The van der Waals surface area contributed by atoms with Crippen molar-refractivity contribution in [2.24, 2.45) is 0 Å². The molecule has 2 aliphatic rings. The van der Waals surface area contributed by atoms with Crippen molar-refractivity contribution in [2.75, 3.05) is 27.3 Å². The Labute approximate surface area is 229 Å². The number of hydrogen-bond donors (Lipinski definition) is 2. The van der Waals surface area contributed by atoms with Gasteiger partial charge in [0.05, 0.1) is 10.6 Å². The quantitative estimate of drug-likeness (QED) is 0.480. The number of carbonyl (C=O) groups excluding carboxylic acids is 3. The average Bonchev–Trinajstić information content (AvgIpc) is 3.37. The first-order chi connectivity index (χ1) is 18.4. The van der Waals surface area contributed by atoms with Crippen molar-refractivity contribution in [1.29, 1.82) is 0 Å². The fourth-order valence-corrected chi connectivity index (χ4v) is 5.26. The van der Waals surface area contributed by atoms with E-state index >= 15 is 0 Å². The van der Waals surface area contributed by atoms with E-state index in [1.54, 1.807) is 33.2 Å². The summed E-state index contributed by atoms with van der Waals surface area (Å²) in [5, 5.41) is 5.86. The largest absolute Gasteiger partial charge is 0.484 e. The summed E-state index contributed by atoms with van der Waals surface area (Å²) in [6.07, 6.45) is 0.257. The van der Waals surface area contributed by atoms with Gasteiger partial charge in [0.2, 0.25) is 0 Å². The standard InChI is InChI=1S/C27H30ClF2N3O6/c1-16-4-5-17(10-20(16)29)38-14-24(35)32-27-9-8-26(15-27,12-22(27)39-25(36)33(2)3)31-23(34)13-37-18-6-7-19(28)21(30)11-18/h4-7,10-11,22H,8-9,12-15H2,1-3H3,(H,31,34)(H,32,35). The molecular weight excluding hydrogens is 536 g/mol. The molecule has 3 amide bonds. The second-order valence-electron chi connectivity index (χ2n) is 10.2. The van der Waals surface area contributed by atoms with E-state index in [9.17, 15) is 23.2 Å². The molecule has 39 heavy (non-hydrogen) atoms. The lowest BCUT2D eigenvalue weighted by Crippen LogP contribution is -2.56. The fourth-order valence-electron chi connectivity index (χ4n) is 5.14. The number of benzene rings is 2. The van der Waals surface area contributed by atoms with Crippen molar-refractivity contribution in [3.05, 3.63) is 58.6 Å². The number of fused-ring (bicyclic) bond motifs is 2. The number of ether oxygens (including phenoxy) is 3. The Morgan fingerprint density at radius 1 is 0.974 bits per heavy atom. The molecule has 0 radical (unpaired) electrons. The van der Waals surface area contributed by atoms with Gasteiger partial charge in [-0.05, 0) is 49.9 Å². The smallest absolute Gasteiger partial charge is 0.409 e. The number of nitrogens with zero attached hydrogens (tertiary/aromatic N) is 1. The summed E-state index contributed by atoms with van der Waals surface area (Å²) in [5.41, 5.74) is -1.23. The number of rotatable bonds is 9. The number of hydrogen-bond acceptors (Lipinski definition) is 6. The molecule has 3 unspecified atom stereocenters. The molecular formula is C27H30ClF2N3O6. The normalized spacial score (nSPS) is 23.2. The van der Waals surface area contributed by atoms with Crippen LogP contribution in [0, 0.1) is 18.6 Å². The van der Waals surface area contributed by atoms with Crippen LogP contribution in [0.25, 0.3) is 0 Å². The van der Waals surface area contributed by atoms with Gasteiger partial charge < -0.3 is 29.7 Å². The van der Waals surface area contributed by atoms with E-state index in [1.807, 2.05) is 0 Å². The molecule has 0 heterocycles. The van der Waals surface area contributed by atoms with Crippen LogP contribution in [0.1, 0.15) is 31.2 Å². The molecule has 4 rings (SSSR count). The van der Waals surface area contributed by atoms with Gasteiger partial charge in [-0.25, -0.2) is 13.6 Å². The Morgan fingerprint density at radius 3 is 2.21 bits per heavy atom. The highest BCUT2D eigenvalue weighted by atomic mass is 35.5. The monoisotopic (exact) mass is 565 g/mol. The number of carbonyl (C=O) groups is 3. The Morgan fingerprint density at radius 2 is 1.59 bits per heavy atom. The molecule has 210 valence electrons. The van der Waals surface area contributed by atoms with E-state index in [4.69, 9.17) is 25.8 Å². The van der Waals surface area contributed by atoms with Gasteiger partial charge in [0, 0.05) is 38.2 Å². The fraction of sp³-hybridized carbons (Fsp3) is 0.444. The van der Waals surface area contributed by atoms with Gasteiger partial charge in [0.1, 0.15) is 29.2 Å². The summed E-state index contributed by atoms with van der Waals surface area (Å²) in [4.78, 5) is 39.3. The van der Waals surface area contributed by atoms with E-state index in [2.05, 4.69) is 10.6 Å². The molecule has 2 aliphatic carbocycles. The van der Waals surface area contributed by atoms with E-state index in [1.165, 1.54) is 23.1 Å². The summed E-state index contributed by atoms with van der Waals surface area (Å²) in [5.74, 6) is -1.67. The first kappa shape index (κ1) is 28.4. The molecule has 2 bridgehead atoms. The lowest BCUT2D eigenvalue weighted by atomic mass is 9.88. The average molecular weight is 566 g/mol. The second kappa shape index (κ2) is 11.3. The van der Waals surface area contributed by atoms with E-state index in [0.29, 0.717) is 24.8 Å².